The third-order valence-corrected chi connectivity index (χ3v) is 4.13. The maximum atomic E-state index is 9.73. The summed E-state index contributed by atoms with van der Waals surface area (Å²) in [6.07, 6.45) is 8.64. The van der Waals surface area contributed by atoms with Gasteiger partial charge in [-0.15, -0.1) is 0 Å². The van der Waals surface area contributed by atoms with E-state index in [0.29, 0.717) is 6.04 Å². The third-order valence-electron chi connectivity index (χ3n) is 4.13. The van der Waals surface area contributed by atoms with E-state index in [1.807, 2.05) is 0 Å². The number of aliphatic hydroxyl groups is 1. The van der Waals surface area contributed by atoms with E-state index in [9.17, 15) is 5.11 Å². The highest BCUT2D eigenvalue weighted by atomic mass is 16.5. The highest BCUT2D eigenvalue weighted by molar-refractivity contribution is 4.92. The van der Waals surface area contributed by atoms with Crippen LogP contribution in [0.25, 0.3) is 0 Å². The van der Waals surface area contributed by atoms with Crippen LogP contribution in [-0.4, -0.2) is 36.0 Å². The Balaban J connectivity index is 2.57. The summed E-state index contributed by atoms with van der Waals surface area (Å²) < 4.78 is 5.50. The second-order valence-electron chi connectivity index (χ2n) is 6.69. The van der Waals surface area contributed by atoms with Crippen LogP contribution in [0.15, 0.2) is 0 Å². The molecule has 1 rings (SSSR count). The summed E-state index contributed by atoms with van der Waals surface area (Å²) in [6.45, 7) is 6.43. The van der Waals surface area contributed by atoms with E-state index in [1.165, 1.54) is 38.5 Å². The van der Waals surface area contributed by atoms with E-state index < -0.39 is 0 Å². The lowest BCUT2D eigenvalue weighted by atomic mass is 9.87. The lowest BCUT2D eigenvalue weighted by molar-refractivity contribution is -0.0189. The molecule has 1 aliphatic rings. The van der Waals surface area contributed by atoms with Crippen molar-refractivity contribution < 1.29 is 9.84 Å². The molecule has 0 aromatic carbocycles. The predicted molar refractivity (Wildman–Crippen MR) is 75.8 cm³/mol. The van der Waals surface area contributed by atoms with Gasteiger partial charge in [0, 0.05) is 18.7 Å². The molecule has 1 unspecified atom stereocenters. The maximum absolute atomic E-state index is 9.73. The van der Waals surface area contributed by atoms with Gasteiger partial charge >= 0.3 is 0 Å². The topological polar surface area (TPSA) is 41.5 Å². The van der Waals surface area contributed by atoms with E-state index in [4.69, 9.17) is 4.74 Å². The molecule has 1 saturated carbocycles. The zero-order chi connectivity index (χ0) is 13.6. The Bertz CT molecular complexity index is 235. The molecule has 1 atom stereocenters. The minimum Gasteiger partial charge on any atom is -0.394 e. The minimum atomic E-state index is -0.242. The van der Waals surface area contributed by atoms with E-state index in [-0.39, 0.29) is 17.7 Å². The maximum Gasteiger partial charge on any atom is 0.0641 e. The van der Waals surface area contributed by atoms with Crippen molar-refractivity contribution in [1.29, 1.82) is 0 Å². The standard InChI is InChI=1S/C15H31NO2/c1-14(2,18-4)11-15(3,12-17)16-13-9-7-5-6-8-10-13/h13,16-17H,5-12H2,1-4H3. The molecule has 2 N–H and O–H groups in total. The number of nitrogens with one attached hydrogen (secondary N) is 1. The number of ether oxygens (including phenoxy) is 1. The molecule has 0 aliphatic heterocycles. The van der Waals surface area contributed by atoms with Crippen LogP contribution in [-0.2, 0) is 4.74 Å². The Kier molecular flexibility index (Phi) is 6.09. The van der Waals surface area contributed by atoms with Gasteiger partial charge in [-0.1, -0.05) is 25.7 Å². The van der Waals surface area contributed by atoms with Crippen LogP contribution in [0.4, 0.5) is 0 Å². The highest BCUT2D eigenvalue weighted by Gasteiger charge is 2.33. The quantitative estimate of drug-likeness (QED) is 0.719. The molecule has 0 bridgehead atoms. The smallest absolute Gasteiger partial charge is 0.0641 e. The molecule has 0 radical (unpaired) electrons. The monoisotopic (exact) mass is 257 g/mol. The summed E-state index contributed by atoms with van der Waals surface area (Å²) in [6, 6.07) is 0.553. The molecule has 1 aliphatic carbocycles. The van der Waals surface area contributed by atoms with Crippen molar-refractivity contribution in [2.24, 2.45) is 0 Å². The summed E-state index contributed by atoms with van der Waals surface area (Å²) in [7, 11) is 1.74. The molecule has 0 saturated heterocycles. The molecule has 1 fully saturated rings. The minimum absolute atomic E-state index is 0.163. The first-order valence-electron chi connectivity index (χ1n) is 7.34. The van der Waals surface area contributed by atoms with Gasteiger partial charge in [0.05, 0.1) is 12.2 Å². The number of aliphatic hydroxyl groups excluding tert-OH is 1. The van der Waals surface area contributed by atoms with Gasteiger partial charge in [0.15, 0.2) is 0 Å². The lowest BCUT2D eigenvalue weighted by Gasteiger charge is -2.39. The molecular formula is C15H31NO2. The second-order valence-corrected chi connectivity index (χ2v) is 6.69. The van der Waals surface area contributed by atoms with Gasteiger partial charge in [0.1, 0.15) is 0 Å². The van der Waals surface area contributed by atoms with Crippen molar-refractivity contribution in [2.45, 2.75) is 82.9 Å². The van der Waals surface area contributed by atoms with Gasteiger partial charge in [0.2, 0.25) is 0 Å². The van der Waals surface area contributed by atoms with Crippen LogP contribution in [0.1, 0.15) is 65.7 Å². The summed E-state index contributed by atoms with van der Waals surface area (Å²) in [5.41, 5.74) is -0.441. The molecule has 0 aromatic heterocycles. The summed E-state index contributed by atoms with van der Waals surface area (Å²) in [4.78, 5) is 0. The molecule has 108 valence electrons. The SMILES string of the molecule is COC(C)(C)CC(C)(CO)NC1CCCCCC1. The highest BCUT2D eigenvalue weighted by Crippen LogP contribution is 2.26. The Labute approximate surface area is 112 Å². The van der Waals surface area contributed by atoms with Crippen molar-refractivity contribution in [2.75, 3.05) is 13.7 Å². The normalized spacial score (nSPS) is 22.5. The molecule has 3 heteroatoms. The summed E-state index contributed by atoms with van der Waals surface area (Å²) >= 11 is 0. The zero-order valence-electron chi connectivity index (χ0n) is 12.6. The van der Waals surface area contributed by atoms with E-state index in [2.05, 4.69) is 26.1 Å². The largest absolute Gasteiger partial charge is 0.394 e. The van der Waals surface area contributed by atoms with Crippen LogP contribution in [0.2, 0.25) is 0 Å². The van der Waals surface area contributed by atoms with Gasteiger partial charge in [-0.25, -0.2) is 0 Å². The number of hydrogen-bond donors (Lipinski definition) is 2. The molecule has 0 heterocycles. The first kappa shape index (κ1) is 15.9. The van der Waals surface area contributed by atoms with Crippen LogP contribution >= 0.6 is 0 Å². The fourth-order valence-electron chi connectivity index (χ4n) is 3.08. The van der Waals surface area contributed by atoms with Crippen molar-refractivity contribution in [3.05, 3.63) is 0 Å². The predicted octanol–water partition coefficient (Wildman–Crippen LogP) is 2.86. The van der Waals surface area contributed by atoms with Crippen LogP contribution in [0.5, 0.6) is 0 Å². The van der Waals surface area contributed by atoms with E-state index in [0.717, 1.165) is 6.42 Å². The fourth-order valence-corrected chi connectivity index (χ4v) is 3.08. The second kappa shape index (κ2) is 6.88. The first-order chi connectivity index (χ1) is 8.41. The average Bonchev–Trinajstić information content (AvgIpc) is 2.57. The van der Waals surface area contributed by atoms with Gasteiger partial charge in [-0.2, -0.15) is 0 Å². The van der Waals surface area contributed by atoms with E-state index >= 15 is 0 Å². The van der Waals surface area contributed by atoms with Crippen LogP contribution < -0.4 is 5.32 Å². The van der Waals surface area contributed by atoms with Crippen LogP contribution in [0, 0.1) is 0 Å². The van der Waals surface area contributed by atoms with E-state index in [1.54, 1.807) is 7.11 Å². The van der Waals surface area contributed by atoms with Gasteiger partial charge in [0.25, 0.3) is 0 Å². The molecule has 3 nitrogen and oxygen atoms in total. The Morgan fingerprint density at radius 2 is 1.67 bits per heavy atom. The molecule has 0 aromatic rings. The van der Waals surface area contributed by atoms with Crippen molar-refractivity contribution >= 4 is 0 Å². The van der Waals surface area contributed by atoms with Crippen LogP contribution in [0.3, 0.4) is 0 Å². The Hall–Kier alpha value is -0.120. The average molecular weight is 257 g/mol. The van der Waals surface area contributed by atoms with Gasteiger partial charge in [-0.3, -0.25) is 0 Å². The van der Waals surface area contributed by atoms with Gasteiger partial charge in [-0.05, 0) is 40.0 Å². The molecule has 0 amide bonds. The molecular weight excluding hydrogens is 226 g/mol. The number of rotatable bonds is 6. The summed E-state index contributed by atoms with van der Waals surface area (Å²) in [5, 5.41) is 13.4. The van der Waals surface area contributed by atoms with Crippen molar-refractivity contribution in [1.82, 2.24) is 5.32 Å². The molecule has 0 spiro atoms. The molecule has 18 heavy (non-hydrogen) atoms. The van der Waals surface area contributed by atoms with Gasteiger partial charge < -0.3 is 15.2 Å². The lowest BCUT2D eigenvalue weighted by Crippen LogP contribution is -2.54. The van der Waals surface area contributed by atoms with Crippen molar-refractivity contribution in [3.63, 3.8) is 0 Å². The third kappa shape index (κ3) is 5.25. The first-order valence-corrected chi connectivity index (χ1v) is 7.34. The fraction of sp³-hybridized carbons (Fsp3) is 1.00. The number of hydrogen-bond acceptors (Lipinski definition) is 3. The van der Waals surface area contributed by atoms with Crippen molar-refractivity contribution in [3.8, 4) is 0 Å². The summed E-state index contributed by atoms with van der Waals surface area (Å²) in [5.74, 6) is 0. The Morgan fingerprint density at radius 3 is 2.11 bits per heavy atom. The Morgan fingerprint density at radius 1 is 1.11 bits per heavy atom. The number of methoxy groups -OCH3 is 1. The zero-order valence-corrected chi connectivity index (χ0v) is 12.6.